The molecule has 1 unspecified atom stereocenters. The molecule has 0 aromatic rings. The second-order valence-corrected chi connectivity index (χ2v) is 5.05. The molecule has 1 saturated heterocycles. The minimum Gasteiger partial charge on any atom is -0.394 e. The molecular weight excluding hydrogens is 232 g/mol. The van der Waals surface area contributed by atoms with Gasteiger partial charge >= 0.3 is 0 Å². The highest BCUT2D eigenvalue weighted by atomic mass is 32.2. The van der Waals surface area contributed by atoms with Crippen molar-refractivity contribution in [2.24, 2.45) is 0 Å². The first-order valence-electron chi connectivity index (χ1n) is 5.04. The van der Waals surface area contributed by atoms with E-state index in [1.54, 1.807) is 0 Å². The number of hydrogen-bond acceptors (Lipinski definition) is 6. The van der Waals surface area contributed by atoms with Crippen molar-refractivity contribution in [1.29, 1.82) is 0 Å². The highest BCUT2D eigenvalue weighted by Gasteiger charge is 2.43. The Labute approximate surface area is 98.7 Å². The summed E-state index contributed by atoms with van der Waals surface area (Å²) in [5.74, 6) is 0.586. The molecule has 1 rings (SSSR count). The molecule has 1 heterocycles. The molecule has 16 heavy (non-hydrogen) atoms. The van der Waals surface area contributed by atoms with Gasteiger partial charge in [0, 0.05) is 5.75 Å². The van der Waals surface area contributed by atoms with Crippen molar-refractivity contribution >= 4 is 11.8 Å². The molecule has 1 aliphatic rings. The Kier molecular flexibility index (Phi) is 5.23. The summed E-state index contributed by atoms with van der Waals surface area (Å²) in [5.41, 5.74) is 0.259. The average Bonchev–Trinajstić information content (AvgIpc) is 2.25. The van der Waals surface area contributed by atoms with Crippen molar-refractivity contribution in [3.05, 3.63) is 12.2 Å². The second kappa shape index (κ2) is 6.00. The molecule has 94 valence electrons. The Bertz CT molecular complexity index is 245. The number of thioether (sulfide) groups is 1. The Morgan fingerprint density at radius 2 is 1.88 bits per heavy atom. The van der Waals surface area contributed by atoms with Gasteiger partial charge < -0.3 is 25.2 Å². The maximum absolute atomic E-state index is 9.67. The minimum absolute atomic E-state index is 0.394. The quantitative estimate of drug-likeness (QED) is 0.483. The molecule has 1 aliphatic heterocycles. The maximum Gasteiger partial charge on any atom is 0.132 e. The smallest absolute Gasteiger partial charge is 0.132 e. The molecule has 0 bridgehead atoms. The van der Waals surface area contributed by atoms with E-state index in [1.807, 2.05) is 6.92 Å². The third kappa shape index (κ3) is 3.19. The van der Waals surface area contributed by atoms with Gasteiger partial charge in [-0.3, -0.25) is 0 Å². The topological polar surface area (TPSA) is 90.2 Å². The van der Waals surface area contributed by atoms with Crippen LogP contribution < -0.4 is 0 Å². The van der Waals surface area contributed by atoms with Gasteiger partial charge in [0.05, 0.1) is 6.61 Å². The van der Waals surface area contributed by atoms with Crippen LogP contribution in [0.15, 0.2) is 12.2 Å². The predicted molar refractivity (Wildman–Crippen MR) is 61.0 cm³/mol. The van der Waals surface area contributed by atoms with E-state index in [-0.39, 0.29) is 0 Å². The van der Waals surface area contributed by atoms with E-state index in [4.69, 9.17) is 9.84 Å². The van der Waals surface area contributed by atoms with Crippen molar-refractivity contribution in [3.8, 4) is 0 Å². The summed E-state index contributed by atoms with van der Waals surface area (Å²) < 4.78 is 5.29. The third-order valence-electron chi connectivity index (χ3n) is 2.34. The van der Waals surface area contributed by atoms with Crippen LogP contribution in [0.5, 0.6) is 0 Å². The largest absolute Gasteiger partial charge is 0.394 e. The SMILES string of the molecule is C=C(C)CSC1O[C@H](CO)[C@@H](O)[C@H](O)[C@H]1O. The lowest BCUT2D eigenvalue weighted by Gasteiger charge is -2.39. The Morgan fingerprint density at radius 1 is 1.25 bits per heavy atom. The fourth-order valence-electron chi connectivity index (χ4n) is 1.43. The van der Waals surface area contributed by atoms with Crippen molar-refractivity contribution in [2.45, 2.75) is 36.8 Å². The summed E-state index contributed by atoms with van der Waals surface area (Å²) in [5, 5.41) is 37.7. The van der Waals surface area contributed by atoms with Crippen LogP contribution in [0.25, 0.3) is 0 Å². The first-order chi connectivity index (χ1) is 7.47. The molecular formula is C10H18O5S. The Hall–Kier alpha value is -0.110. The first-order valence-corrected chi connectivity index (χ1v) is 6.08. The number of aliphatic hydroxyl groups excluding tert-OH is 4. The van der Waals surface area contributed by atoms with Gasteiger partial charge in [0.1, 0.15) is 29.9 Å². The third-order valence-corrected chi connectivity index (χ3v) is 3.72. The van der Waals surface area contributed by atoms with Crippen molar-refractivity contribution in [1.82, 2.24) is 0 Å². The van der Waals surface area contributed by atoms with Gasteiger partial charge in [-0.25, -0.2) is 0 Å². The van der Waals surface area contributed by atoms with E-state index in [0.29, 0.717) is 5.75 Å². The molecule has 4 N–H and O–H groups in total. The molecule has 1 fully saturated rings. The van der Waals surface area contributed by atoms with Crippen LogP contribution in [0, 0.1) is 0 Å². The average molecular weight is 250 g/mol. The summed E-state index contributed by atoms with van der Waals surface area (Å²) >= 11 is 1.28. The number of rotatable bonds is 4. The van der Waals surface area contributed by atoms with Crippen LogP contribution in [-0.2, 0) is 4.74 Å². The van der Waals surface area contributed by atoms with Gasteiger partial charge in [-0.15, -0.1) is 11.8 Å². The molecule has 5 nitrogen and oxygen atoms in total. The van der Waals surface area contributed by atoms with Crippen LogP contribution in [-0.4, -0.2) is 62.6 Å². The molecule has 5 atom stereocenters. The molecule has 0 amide bonds. The zero-order valence-electron chi connectivity index (χ0n) is 9.11. The van der Waals surface area contributed by atoms with Gasteiger partial charge in [-0.1, -0.05) is 12.2 Å². The van der Waals surface area contributed by atoms with E-state index in [2.05, 4.69) is 6.58 Å². The Morgan fingerprint density at radius 3 is 2.38 bits per heavy atom. The normalized spacial score (nSPS) is 39.7. The van der Waals surface area contributed by atoms with Crippen molar-refractivity contribution in [3.63, 3.8) is 0 Å². The molecule has 0 saturated carbocycles. The highest BCUT2D eigenvalue weighted by molar-refractivity contribution is 8.00. The van der Waals surface area contributed by atoms with E-state index in [1.165, 1.54) is 11.8 Å². The van der Waals surface area contributed by atoms with E-state index >= 15 is 0 Å². The van der Waals surface area contributed by atoms with E-state index in [0.717, 1.165) is 5.57 Å². The van der Waals surface area contributed by atoms with Crippen LogP contribution in [0.1, 0.15) is 6.92 Å². The number of ether oxygens (including phenoxy) is 1. The maximum atomic E-state index is 9.67. The first kappa shape index (κ1) is 14.0. The van der Waals surface area contributed by atoms with Gasteiger partial charge in [0.2, 0.25) is 0 Å². The molecule has 6 heteroatoms. The summed E-state index contributed by atoms with van der Waals surface area (Å²) in [4.78, 5) is 0. The fourth-order valence-corrected chi connectivity index (χ4v) is 2.46. The molecule has 0 aromatic carbocycles. The van der Waals surface area contributed by atoms with Crippen LogP contribution in [0.3, 0.4) is 0 Å². The molecule has 0 aliphatic carbocycles. The fraction of sp³-hybridized carbons (Fsp3) is 0.800. The molecule has 0 spiro atoms. The second-order valence-electron chi connectivity index (χ2n) is 3.97. The van der Waals surface area contributed by atoms with Crippen LogP contribution in [0.4, 0.5) is 0 Å². The predicted octanol–water partition coefficient (Wildman–Crippen LogP) is -0.904. The molecule has 0 aromatic heterocycles. The standard InChI is InChI=1S/C10H18O5S/c1-5(2)4-16-10-9(14)8(13)7(12)6(3-11)15-10/h6-14H,1,3-4H2,2H3/t6-,7-,8+,9-,10?/m1/s1. The minimum atomic E-state index is -1.30. The monoisotopic (exact) mass is 250 g/mol. The Balaban J connectivity index is 2.60. The van der Waals surface area contributed by atoms with Gasteiger partial charge in [-0.05, 0) is 6.92 Å². The number of aliphatic hydroxyl groups is 4. The summed E-state index contributed by atoms with van der Waals surface area (Å²) in [6.45, 7) is 5.17. The summed E-state index contributed by atoms with van der Waals surface area (Å²) in [6, 6.07) is 0. The van der Waals surface area contributed by atoms with E-state index in [9.17, 15) is 15.3 Å². The molecule has 0 radical (unpaired) electrons. The van der Waals surface area contributed by atoms with Crippen LogP contribution in [0.2, 0.25) is 0 Å². The lowest BCUT2D eigenvalue weighted by molar-refractivity contribution is -0.205. The van der Waals surface area contributed by atoms with E-state index < -0.39 is 36.5 Å². The van der Waals surface area contributed by atoms with Gasteiger partial charge in [0.25, 0.3) is 0 Å². The van der Waals surface area contributed by atoms with Gasteiger partial charge in [0.15, 0.2) is 0 Å². The van der Waals surface area contributed by atoms with Crippen LogP contribution >= 0.6 is 11.8 Å². The zero-order chi connectivity index (χ0) is 12.3. The lowest BCUT2D eigenvalue weighted by Crippen LogP contribution is -2.57. The summed E-state index contributed by atoms with van der Waals surface area (Å²) in [7, 11) is 0. The zero-order valence-corrected chi connectivity index (χ0v) is 9.93. The number of hydrogen-bond donors (Lipinski definition) is 4. The van der Waals surface area contributed by atoms with Crippen molar-refractivity contribution < 1.29 is 25.2 Å². The lowest BCUT2D eigenvalue weighted by atomic mass is 10.0. The van der Waals surface area contributed by atoms with Crippen molar-refractivity contribution in [2.75, 3.05) is 12.4 Å². The van der Waals surface area contributed by atoms with Gasteiger partial charge in [-0.2, -0.15) is 0 Å². The summed E-state index contributed by atoms with van der Waals surface area (Å²) in [6.07, 6.45) is -4.58. The highest BCUT2D eigenvalue weighted by Crippen LogP contribution is 2.29.